The minimum atomic E-state index is -0.488. The predicted octanol–water partition coefficient (Wildman–Crippen LogP) is 16.5. The molecule has 0 amide bonds. The minimum Gasteiger partial charge on any atom is -0.456 e. The van der Waals surface area contributed by atoms with E-state index in [0.29, 0.717) is 0 Å². The normalized spacial score (nSPS) is 14.3. The van der Waals surface area contributed by atoms with Crippen LogP contribution in [0.25, 0.3) is 77.2 Å². The van der Waals surface area contributed by atoms with Crippen LogP contribution in [0.4, 0.5) is 17.1 Å². The summed E-state index contributed by atoms with van der Waals surface area (Å²) in [6, 6.07) is 79.1. The van der Waals surface area contributed by atoms with E-state index in [1.165, 1.54) is 72.1 Å². The van der Waals surface area contributed by atoms with Crippen molar-refractivity contribution in [2.75, 3.05) is 4.90 Å². The molecule has 1 aromatic heterocycles. The number of nitrogens with zero attached hydrogens (tertiary/aromatic N) is 1. The van der Waals surface area contributed by atoms with Gasteiger partial charge in [-0.15, -0.1) is 0 Å². The average molecular weight is 816 g/mol. The fourth-order valence-electron chi connectivity index (χ4n) is 12.1. The highest BCUT2D eigenvalue weighted by atomic mass is 16.3. The molecule has 0 fully saturated rings. The number of furan rings is 1. The SMILES string of the molecule is CC1(C)c2ccccc2-c2ccc(N(c3ccc4c(c3)C3(c5ccccc5-c5ccccc53)c3ccccc3-4)c3c(-c4ccccc4)ccc4oc5cc6ccccc6cc5c34)cc21. The van der Waals surface area contributed by atoms with Gasteiger partial charge in [0.05, 0.1) is 16.5 Å². The van der Waals surface area contributed by atoms with Gasteiger partial charge in [0.1, 0.15) is 11.2 Å². The smallest absolute Gasteiger partial charge is 0.137 e. The van der Waals surface area contributed by atoms with Gasteiger partial charge < -0.3 is 9.32 Å². The molecular weight excluding hydrogens is 775 g/mol. The molecule has 0 saturated carbocycles. The van der Waals surface area contributed by atoms with Gasteiger partial charge in [-0.05, 0) is 132 Å². The Kier molecular flexibility index (Phi) is 7.13. The van der Waals surface area contributed by atoms with Crippen LogP contribution in [0.3, 0.4) is 0 Å². The Bertz CT molecular complexity index is 3710. The lowest BCUT2D eigenvalue weighted by atomic mass is 9.70. The lowest BCUT2D eigenvalue weighted by Gasteiger charge is -2.33. The molecule has 1 heterocycles. The fraction of sp³-hybridized carbons (Fsp3) is 0.0645. The molecule has 0 aliphatic heterocycles. The van der Waals surface area contributed by atoms with E-state index in [2.05, 4.69) is 231 Å². The second kappa shape index (κ2) is 12.8. The second-order valence-electron chi connectivity index (χ2n) is 18.4. The quantitative estimate of drug-likeness (QED) is 0.176. The lowest BCUT2D eigenvalue weighted by molar-refractivity contribution is 0.660. The first kappa shape index (κ1) is 35.6. The van der Waals surface area contributed by atoms with E-state index in [9.17, 15) is 0 Å². The zero-order valence-corrected chi connectivity index (χ0v) is 35.6. The molecule has 0 saturated heterocycles. The van der Waals surface area contributed by atoms with Gasteiger partial charge in [-0.2, -0.15) is 0 Å². The van der Waals surface area contributed by atoms with Crippen molar-refractivity contribution in [3.63, 3.8) is 0 Å². The monoisotopic (exact) mass is 815 g/mol. The van der Waals surface area contributed by atoms with Crippen LogP contribution in [0.1, 0.15) is 47.2 Å². The third kappa shape index (κ3) is 4.59. The van der Waals surface area contributed by atoms with Crippen LogP contribution >= 0.6 is 0 Å². The molecule has 10 aromatic carbocycles. The van der Waals surface area contributed by atoms with E-state index in [1.807, 2.05) is 0 Å². The van der Waals surface area contributed by atoms with Crippen LogP contribution in [0.15, 0.2) is 217 Å². The van der Waals surface area contributed by atoms with E-state index in [1.54, 1.807) is 0 Å². The molecule has 2 heteroatoms. The summed E-state index contributed by atoms with van der Waals surface area (Å²) in [5.74, 6) is 0. The van der Waals surface area contributed by atoms with Crippen molar-refractivity contribution in [3.05, 3.63) is 246 Å². The van der Waals surface area contributed by atoms with E-state index in [-0.39, 0.29) is 5.41 Å². The van der Waals surface area contributed by atoms with Gasteiger partial charge in [-0.1, -0.05) is 178 Å². The summed E-state index contributed by atoms with van der Waals surface area (Å²) >= 11 is 0. The number of anilines is 3. The molecule has 3 aliphatic carbocycles. The fourth-order valence-corrected chi connectivity index (χ4v) is 12.1. The van der Waals surface area contributed by atoms with Crippen LogP contribution in [0.2, 0.25) is 0 Å². The zero-order valence-electron chi connectivity index (χ0n) is 35.6. The van der Waals surface area contributed by atoms with Crippen molar-refractivity contribution in [2.24, 2.45) is 0 Å². The highest BCUT2D eigenvalue weighted by Gasteiger charge is 2.51. The number of benzene rings is 10. The molecule has 2 nitrogen and oxygen atoms in total. The first-order valence-electron chi connectivity index (χ1n) is 22.4. The summed E-state index contributed by atoms with van der Waals surface area (Å²) in [5.41, 5.74) is 22.5. The molecule has 1 spiro atoms. The summed E-state index contributed by atoms with van der Waals surface area (Å²) in [5, 5.41) is 4.55. The summed E-state index contributed by atoms with van der Waals surface area (Å²) in [6.45, 7) is 4.75. The maximum Gasteiger partial charge on any atom is 0.137 e. The molecular formula is C62H41NO. The Morgan fingerprint density at radius 1 is 0.359 bits per heavy atom. The maximum absolute atomic E-state index is 6.91. The molecule has 0 radical (unpaired) electrons. The van der Waals surface area contributed by atoms with Crippen LogP contribution in [-0.2, 0) is 10.8 Å². The Hall–Kier alpha value is -7.94. The summed E-state index contributed by atoms with van der Waals surface area (Å²) < 4.78 is 6.91. The van der Waals surface area contributed by atoms with Crippen LogP contribution in [-0.4, -0.2) is 0 Å². The Morgan fingerprint density at radius 2 is 0.828 bits per heavy atom. The standard InChI is InChI=1S/C62H41NO/c1-61(2)51-24-12-8-20-44(51)48-30-28-41(36-55(48)61)63(60-43(38-16-4-3-5-17-38)32-33-57-59(60)50-34-39-18-6-7-19-40(39)35-58(50)64-57)42-29-31-49-47-23-11-15-27-54(47)62(56(49)37-42)52-25-13-9-21-45(52)46-22-10-14-26-53(46)62/h3-37H,1-2H3. The zero-order chi connectivity index (χ0) is 42.3. The van der Waals surface area contributed by atoms with Gasteiger partial charge in [0.2, 0.25) is 0 Å². The van der Waals surface area contributed by atoms with E-state index in [0.717, 1.165) is 55.5 Å². The van der Waals surface area contributed by atoms with Crippen molar-refractivity contribution in [3.8, 4) is 44.5 Å². The number of hydrogen-bond donors (Lipinski definition) is 0. The molecule has 64 heavy (non-hydrogen) atoms. The van der Waals surface area contributed by atoms with Crippen molar-refractivity contribution in [1.82, 2.24) is 0 Å². The number of fused-ring (bicyclic) bond motifs is 17. The molecule has 300 valence electrons. The molecule has 0 bridgehead atoms. The number of hydrogen-bond acceptors (Lipinski definition) is 2. The average Bonchev–Trinajstić information content (AvgIpc) is 4.03. The topological polar surface area (TPSA) is 16.4 Å². The van der Waals surface area contributed by atoms with Gasteiger partial charge >= 0.3 is 0 Å². The molecule has 0 unspecified atom stereocenters. The van der Waals surface area contributed by atoms with Crippen molar-refractivity contribution >= 4 is 49.8 Å². The molecule has 0 atom stereocenters. The van der Waals surface area contributed by atoms with E-state index >= 15 is 0 Å². The third-order valence-corrected chi connectivity index (χ3v) is 14.8. The third-order valence-electron chi connectivity index (χ3n) is 14.8. The van der Waals surface area contributed by atoms with E-state index in [4.69, 9.17) is 4.42 Å². The van der Waals surface area contributed by atoms with Gasteiger partial charge in [0, 0.05) is 27.7 Å². The summed E-state index contributed by atoms with van der Waals surface area (Å²) in [4.78, 5) is 2.55. The molecule has 11 aromatic rings. The molecule has 14 rings (SSSR count). The van der Waals surface area contributed by atoms with Gasteiger partial charge in [-0.25, -0.2) is 0 Å². The van der Waals surface area contributed by atoms with Crippen LogP contribution < -0.4 is 4.90 Å². The van der Waals surface area contributed by atoms with Crippen molar-refractivity contribution in [2.45, 2.75) is 24.7 Å². The van der Waals surface area contributed by atoms with E-state index < -0.39 is 5.41 Å². The largest absolute Gasteiger partial charge is 0.456 e. The Morgan fingerprint density at radius 3 is 1.45 bits per heavy atom. The molecule has 0 N–H and O–H groups in total. The number of rotatable bonds is 4. The summed E-state index contributed by atoms with van der Waals surface area (Å²) in [7, 11) is 0. The first-order chi connectivity index (χ1) is 31.5. The van der Waals surface area contributed by atoms with Crippen molar-refractivity contribution < 1.29 is 4.42 Å². The maximum atomic E-state index is 6.91. The predicted molar refractivity (Wildman–Crippen MR) is 265 cm³/mol. The first-order valence-corrected chi connectivity index (χ1v) is 22.4. The second-order valence-corrected chi connectivity index (χ2v) is 18.4. The minimum absolute atomic E-state index is 0.190. The van der Waals surface area contributed by atoms with Crippen molar-refractivity contribution in [1.29, 1.82) is 0 Å². The van der Waals surface area contributed by atoms with Gasteiger partial charge in [-0.3, -0.25) is 0 Å². The lowest BCUT2D eigenvalue weighted by Crippen LogP contribution is -2.26. The van der Waals surface area contributed by atoms with Gasteiger partial charge in [0.15, 0.2) is 0 Å². The highest BCUT2D eigenvalue weighted by Crippen LogP contribution is 2.64. The Balaban J connectivity index is 1.12. The van der Waals surface area contributed by atoms with Crippen LogP contribution in [0.5, 0.6) is 0 Å². The van der Waals surface area contributed by atoms with Crippen LogP contribution in [0, 0.1) is 0 Å². The van der Waals surface area contributed by atoms with Gasteiger partial charge in [0.25, 0.3) is 0 Å². The Labute approximate surface area is 372 Å². The molecule has 3 aliphatic rings. The summed E-state index contributed by atoms with van der Waals surface area (Å²) in [6.07, 6.45) is 0. The highest BCUT2D eigenvalue weighted by molar-refractivity contribution is 6.19.